The molecule has 1 N–H and O–H groups in total. The number of carbonyl (C=O) groups is 3. The number of aryl methyl sites for hydroxylation is 2. The molecule has 1 amide bonds. The van der Waals surface area contributed by atoms with Gasteiger partial charge in [-0.3, -0.25) is 23.6 Å². The van der Waals surface area contributed by atoms with Crippen LogP contribution in [0.4, 0.5) is 5.69 Å². The van der Waals surface area contributed by atoms with E-state index in [1.165, 1.54) is 14.0 Å². The second-order valence-corrected chi connectivity index (χ2v) is 8.18. The van der Waals surface area contributed by atoms with Crippen molar-refractivity contribution < 1.29 is 19.5 Å². The van der Waals surface area contributed by atoms with Gasteiger partial charge in [0.15, 0.2) is 5.78 Å². The summed E-state index contributed by atoms with van der Waals surface area (Å²) in [6.45, 7) is 1.78. The van der Waals surface area contributed by atoms with E-state index >= 15 is 0 Å². The summed E-state index contributed by atoms with van der Waals surface area (Å²) < 4.78 is 2.91. The Balaban J connectivity index is 1.82. The van der Waals surface area contributed by atoms with Gasteiger partial charge in [-0.15, -0.1) is 0 Å². The number of rotatable bonds is 4. The predicted molar refractivity (Wildman–Crippen MR) is 120 cm³/mol. The number of hydrogen-bond acceptors (Lipinski definition) is 4. The minimum atomic E-state index is -1.41. The number of aromatic nitrogens is 2. The van der Waals surface area contributed by atoms with E-state index in [0.29, 0.717) is 27.3 Å². The Hall–Kier alpha value is -3.65. The fourth-order valence-electron chi connectivity index (χ4n) is 4.00. The fourth-order valence-corrected chi connectivity index (χ4v) is 4.20. The highest BCUT2D eigenvalue weighted by atomic mass is 35.5. The first-order chi connectivity index (χ1) is 15.1. The summed E-state index contributed by atoms with van der Waals surface area (Å²) in [5.41, 5.74) is 2.32. The first-order valence-corrected chi connectivity index (χ1v) is 10.2. The third-order valence-electron chi connectivity index (χ3n) is 5.94. The van der Waals surface area contributed by atoms with Crippen LogP contribution in [0.15, 0.2) is 53.0 Å². The summed E-state index contributed by atoms with van der Waals surface area (Å²) in [4.78, 5) is 51.4. The molecule has 2 heterocycles. The van der Waals surface area contributed by atoms with E-state index in [1.807, 2.05) is 0 Å². The number of carboxylic acid groups (broad SMARTS) is 1. The Morgan fingerprint density at radius 2 is 1.75 bits per heavy atom. The van der Waals surface area contributed by atoms with Gasteiger partial charge in [0.2, 0.25) is 5.91 Å². The third kappa shape index (κ3) is 3.33. The average molecular weight is 454 g/mol. The second kappa shape index (κ2) is 7.80. The molecule has 2 aromatic carbocycles. The number of aliphatic carboxylic acids is 1. The van der Waals surface area contributed by atoms with Crippen LogP contribution in [-0.2, 0) is 34.9 Å². The second-order valence-electron chi connectivity index (χ2n) is 7.77. The Morgan fingerprint density at radius 3 is 2.44 bits per heavy atom. The van der Waals surface area contributed by atoms with E-state index in [0.717, 1.165) is 11.8 Å². The molecular weight excluding hydrogens is 434 g/mol. The van der Waals surface area contributed by atoms with Crippen LogP contribution in [0, 0.1) is 12.8 Å². The summed E-state index contributed by atoms with van der Waals surface area (Å²) in [6.07, 6.45) is 1.08. The van der Waals surface area contributed by atoms with Crippen LogP contribution in [0.1, 0.15) is 11.1 Å². The van der Waals surface area contributed by atoms with Gasteiger partial charge in [0.1, 0.15) is 11.5 Å². The fraction of sp³-hybridized carbons (Fsp3) is 0.217. The zero-order valence-electron chi connectivity index (χ0n) is 17.6. The lowest BCUT2D eigenvalue weighted by Crippen LogP contribution is -2.44. The van der Waals surface area contributed by atoms with Crippen molar-refractivity contribution in [2.45, 2.75) is 13.3 Å². The molecule has 4 rings (SSSR count). The predicted octanol–water partition coefficient (Wildman–Crippen LogP) is 2.58. The Morgan fingerprint density at radius 1 is 1.06 bits per heavy atom. The average Bonchev–Trinajstić information content (AvgIpc) is 2.97. The monoisotopic (exact) mass is 453 g/mol. The molecule has 3 aromatic rings. The SMILES string of the molecule is Cc1c(Cl)cccc1CC1C(=O)C(C(=O)O)=CN(c2ccc3c(c2)n(C)c(=O)n3C)C1=O. The van der Waals surface area contributed by atoms with E-state index in [1.54, 1.807) is 57.4 Å². The summed E-state index contributed by atoms with van der Waals surface area (Å²) in [7, 11) is 3.25. The van der Waals surface area contributed by atoms with Gasteiger partial charge >= 0.3 is 11.7 Å². The highest BCUT2D eigenvalue weighted by Gasteiger charge is 2.40. The van der Waals surface area contributed by atoms with Gasteiger partial charge in [-0.25, -0.2) is 9.59 Å². The lowest BCUT2D eigenvalue weighted by atomic mass is 9.86. The van der Waals surface area contributed by atoms with E-state index in [4.69, 9.17) is 11.6 Å². The third-order valence-corrected chi connectivity index (χ3v) is 6.35. The van der Waals surface area contributed by atoms with Crippen LogP contribution in [0.3, 0.4) is 0 Å². The van der Waals surface area contributed by atoms with Crippen molar-refractivity contribution in [3.63, 3.8) is 0 Å². The van der Waals surface area contributed by atoms with E-state index in [2.05, 4.69) is 0 Å². The Kier molecular flexibility index (Phi) is 5.26. The van der Waals surface area contributed by atoms with Gasteiger partial charge in [0.25, 0.3) is 0 Å². The van der Waals surface area contributed by atoms with Gasteiger partial charge in [-0.05, 0) is 48.7 Å². The molecule has 0 fully saturated rings. The molecule has 1 aliphatic rings. The Bertz CT molecular complexity index is 1400. The number of fused-ring (bicyclic) bond motifs is 1. The van der Waals surface area contributed by atoms with Crippen LogP contribution in [0.25, 0.3) is 11.0 Å². The molecule has 0 saturated carbocycles. The largest absolute Gasteiger partial charge is 0.478 e. The van der Waals surface area contributed by atoms with Crippen LogP contribution >= 0.6 is 11.6 Å². The molecule has 164 valence electrons. The van der Waals surface area contributed by atoms with Crippen LogP contribution in [0.5, 0.6) is 0 Å². The summed E-state index contributed by atoms with van der Waals surface area (Å²) >= 11 is 6.18. The van der Waals surface area contributed by atoms with Gasteiger partial charge in [0, 0.05) is 25.3 Å². The Labute approximate surface area is 187 Å². The maximum absolute atomic E-state index is 13.4. The molecule has 0 saturated heterocycles. The molecule has 1 aliphatic heterocycles. The van der Waals surface area contributed by atoms with Crippen molar-refractivity contribution in [2.75, 3.05) is 4.90 Å². The number of imidazole rings is 1. The van der Waals surface area contributed by atoms with Crippen molar-refractivity contribution in [2.24, 2.45) is 20.0 Å². The van der Waals surface area contributed by atoms with E-state index < -0.39 is 29.2 Å². The topological polar surface area (TPSA) is 102 Å². The lowest BCUT2D eigenvalue weighted by molar-refractivity contribution is -0.137. The summed E-state index contributed by atoms with van der Waals surface area (Å²) in [6, 6.07) is 10.1. The molecule has 1 atom stereocenters. The minimum absolute atomic E-state index is 0.0250. The number of hydrogen-bond donors (Lipinski definition) is 1. The molecule has 9 heteroatoms. The number of nitrogens with zero attached hydrogens (tertiary/aromatic N) is 3. The van der Waals surface area contributed by atoms with Gasteiger partial charge in [0.05, 0.1) is 16.7 Å². The van der Waals surface area contributed by atoms with Crippen LogP contribution in [0.2, 0.25) is 5.02 Å². The highest BCUT2D eigenvalue weighted by Crippen LogP contribution is 2.30. The van der Waals surface area contributed by atoms with Gasteiger partial charge in [-0.1, -0.05) is 23.7 Å². The molecule has 0 radical (unpaired) electrons. The van der Waals surface area contributed by atoms with Crippen molar-refractivity contribution in [1.29, 1.82) is 0 Å². The summed E-state index contributed by atoms with van der Waals surface area (Å²) in [5.74, 6) is -3.90. The molecule has 0 spiro atoms. The smallest absolute Gasteiger partial charge is 0.340 e. The number of ketones is 1. The molecule has 0 bridgehead atoms. The van der Waals surface area contributed by atoms with Crippen molar-refractivity contribution in [3.05, 3.63) is 74.8 Å². The van der Waals surface area contributed by atoms with Crippen molar-refractivity contribution >= 4 is 46.0 Å². The van der Waals surface area contributed by atoms with E-state index in [9.17, 15) is 24.3 Å². The van der Waals surface area contributed by atoms with Gasteiger partial charge in [-0.2, -0.15) is 0 Å². The van der Waals surface area contributed by atoms with Crippen LogP contribution in [-0.4, -0.2) is 31.9 Å². The molecule has 0 aliphatic carbocycles. The van der Waals surface area contributed by atoms with Crippen molar-refractivity contribution in [3.8, 4) is 0 Å². The first-order valence-electron chi connectivity index (χ1n) is 9.83. The van der Waals surface area contributed by atoms with Gasteiger partial charge < -0.3 is 5.11 Å². The standard InChI is InChI=1S/C23H20ClN3O5/c1-12-13(5-4-6-17(12)24)9-15-20(28)16(22(30)31)11-27(21(15)29)14-7-8-18-19(10-14)26(3)23(32)25(18)2/h4-8,10-11,15H,9H2,1-3H3,(H,30,31). The number of halogens is 1. The van der Waals surface area contributed by atoms with Crippen molar-refractivity contribution in [1.82, 2.24) is 9.13 Å². The first kappa shape index (κ1) is 21.6. The number of carboxylic acids is 1. The van der Waals surface area contributed by atoms with E-state index in [-0.39, 0.29) is 12.1 Å². The van der Waals surface area contributed by atoms with Crippen LogP contribution < -0.4 is 10.6 Å². The zero-order chi connectivity index (χ0) is 23.3. The highest BCUT2D eigenvalue weighted by molar-refractivity contribution is 6.31. The molecule has 32 heavy (non-hydrogen) atoms. The maximum Gasteiger partial charge on any atom is 0.340 e. The lowest BCUT2D eigenvalue weighted by Gasteiger charge is -2.29. The summed E-state index contributed by atoms with van der Waals surface area (Å²) in [5, 5.41) is 10.1. The molecular formula is C23H20ClN3O5. The maximum atomic E-state index is 13.4. The number of benzene rings is 2. The normalized spacial score (nSPS) is 16.6. The number of carbonyl (C=O) groups excluding carboxylic acids is 2. The number of anilines is 1. The zero-order valence-corrected chi connectivity index (χ0v) is 18.4. The molecule has 1 aromatic heterocycles. The number of Topliss-reactive ketones (excluding diaryl/α,β-unsaturated/α-hetero) is 1. The molecule has 8 nitrogen and oxygen atoms in total. The molecule has 1 unspecified atom stereocenters. The quantitative estimate of drug-likeness (QED) is 0.483. The minimum Gasteiger partial charge on any atom is -0.478 e. The number of amides is 1.